The molecule has 0 aliphatic heterocycles. The molecule has 18 heavy (non-hydrogen) atoms. The SMILES string of the molecule is COC(=O)c1ccc([N+](=O)[O-])c(SC(C)(C)C)n1. The molecule has 0 amide bonds. The molecule has 6 nitrogen and oxygen atoms in total. The van der Waals surface area contributed by atoms with Gasteiger partial charge in [0.15, 0.2) is 5.03 Å². The molecule has 0 spiro atoms. The van der Waals surface area contributed by atoms with Crippen LogP contribution in [0.2, 0.25) is 0 Å². The molecule has 0 N–H and O–H groups in total. The number of methoxy groups -OCH3 is 1. The molecular weight excluding hydrogens is 256 g/mol. The highest BCUT2D eigenvalue weighted by molar-refractivity contribution is 8.00. The van der Waals surface area contributed by atoms with Crippen molar-refractivity contribution < 1.29 is 14.5 Å². The van der Waals surface area contributed by atoms with Gasteiger partial charge in [-0.1, -0.05) is 32.5 Å². The van der Waals surface area contributed by atoms with Crippen LogP contribution in [-0.4, -0.2) is 27.7 Å². The van der Waals surface area contributed by atoms with E-state index in [-0.39, 0.29) is 21.2 Å². The summed E-state index contributed by atoms with van der Waals surface area (Å²) in [6, 6.07) is 2.56. The zero-order valence-corrected chi connectivity index (χ0v) is 11.4. The van der Waals surface area contributed by atoms with Crippen molar-refractivity contribution in [3.8, 4) is 0 Å². The Hall–Kier alpha value is -1.63. The van der Waals surface area contributed by atoms with E-state index < -0.39 is 10.9 Å². The summed E-state index contributed by atoms with van der Waals surface area (Å²) in [5.74, 6) is -0.611. The van der Waals surface area contributed by atoms with Crippen LogP contribution in [0.3, 0.4) is 0 Å². The Morgan fingerprint density at radius 3 is 2.50 bits per heavy atom. The van der Waals surface area contributed by atoms with Crippen molar-refractivity contribution in [2.75, 3.05) is 7.11 Å². The Bertz CT molecular complexity index is 482. The van der Waals surface area contributed by atoms with Crippen molar-refractivity contribution in [2.45, 2.75) is 30.5 Å². The minimum atomic E-state index is -0.611. The smallest absolute Gasteiger partial charge is 0.356 e. The Morgan fingerprint density at radius 1 is 1.44 bits per heavy atom. The number of carbonyl (C=O) groups is 1. The number of rotatable bonds is 3. The molecule has 0 radical (unpaired) electrons. The summed E-state index contributed by atoms with van der Waals surface area (Å²) in [7, 11) is 1.24. The first-order chi connectivity index (χ1) is 8.24. The fourth-order valence-corrected chi connectivity index (χ4v) is 2.13. The molecule has 1 rings (SSSR count). The average Bonchev–Trinajstić information content (AvgIpc) is 2.25. The van der Waals surface area contributed by atoms with Crippen molar-refractivity contribution >= 4 is 23.4 Å². The summed E-state index contributed by atoms with van der Waals surface area (Å²) < 4.78 is 4.30. The van der Waals surface area contributed by atoms with E-state index in [4.69, 9.17) is 0 Å². The number of ether oxygens (including phenoxy) is 1. The van der Waals surface area contributed by atoms with Crippen LogP contribution < -0.4 is 0 Å². The third kappa shape index (κ3) is 3.69. The second-order valence-corrected chi connectivity index (χ2v) is 6.30. The van der Waals surface area contributed by atoms with E-state index in [1.165, 1.54) is 31.0 Å². The Morgan fingerprint density at radius 2 is 2.06 bits per heavy atom. The van der Waals surface area contributed by atoms with E-state index in [1.807, 2.05) is 20.8 Å². The van der Waals surface area contributed by atoms with Gasteiger partial charge in [0, 0.05) is 10.8 Å². The Labute approximate surface area is 109 Å². The molecule has 0 saturated carbocycles. The third-order valence-electron chi connectivity index (χ3n) is 1.83. The normalized spacial score (nSPS) is 11.1. The first-order valence-electron chi connectivity index (χ1n) is 5.17. The molecule has 0 aliphatic carbocycles. The molecule has 1 aromatic heterocycles. The molecule has 1 heterocycles. The first-order valence-corrected chi connectivity index (χ1v) is 5.99. The van der Waals surface area contributed by atoms with Crippen molar-refractivity contribution in [1.82, 2.24) is 4.98 Å². The van der Waals surface area contributed by atoms with E-state index in [1.54, 1.807) is 0 Å². The van der Waals surface area contributed by atoms with E-state index >= 15 is 0 Å². The standard InChI is InChI=1S/C11H14N2O4S/c1-11(2,3)18-9-8(13(15)16)6-5-7(12-9)10(14)17-4/h5-6H,1-4H3. The molecule has 1 aromatic rings. The van der Waals surface area contributed by atoms with Crippen molar-refractivity contribution in [3.63, 3.8) is 0 Å². The molecule has 0 atom stereocenters. The summed E-state index contributed by atoms with van der Waals surface area (Å²) in [6.07, 6.45) is 0. The van der Waals surface area contributed by atoms with Crippen LogP contribution >= 0.6 is 11.8 Å². The molecule has 7 heteroatoms. The van der Waals surface area contributed by atoms with Crippen LogP contribution in [0.1, 0.15) is 31.3 Å². The second-order valence-electron chi connectivity index (χ2n) is 4.48. The van der Waals surface area contributed by atoms with Gasteiger partial charge < -0.3 is 4.74 Å². The van der Waals surface area contributed by atoms with Crippen molar-refractivity contribution in [2.24, 2.45) is 0 Å². The highest BCUT2D eigenvalue weighted by atomic mass is 32.2. The molecular formula is C11H14N2O4S. The topological polar surface area (TPSA) is 82.3 Å². The minimum Gasteiger partial charge on any atom is -0.464 e. The quantitative estimate of drug-likeness (QED) is 0.363. The lowest BCUT2D eigenvalue weighted by atomic mass is 10.3. The molecule has 0 fully saturated rings. The number of hydrogen-bond donors (Lipinski definition) is 0. The van der Waals surface area contributed by atoms with Crippen LogP contribution in [0.25, 0.3) is 0 Å². The van der Waals surface area contributed by atoms with Crippen molar-refractivity contribution in [3.05, 3.63) is 27.9 Å². The van der Waals surface area contributed by atoms with Gasteiger partial charge >= 0.3 is 11.7 Å². The fourth-order valence-electron chi connectivity index (χ4n) is 1.16. The second kappa shape index (κ2) is 5.34. The number of pyridine rings is 1. The first kappa shape index (κ1) is 14.4. The molecule has 98 valence electrons. The fraction of sp³-hybridized carbons (Fsp3) is 0.455. The lowest BCUT2D eigenvalue weighted by molar-refractivity contribution is -0.388. The monoisotopic (exact) mass is 270 g/mol. The van der Waals surface area contributed by atoms with E-state index in [0.717, 1.165) is 0 Å². The molecule has 0 aliphatic rings. The van der Waals surface area contributed by atoms with Gasteiger partial charge in [-0.25, -0.2) is 9.78 Å². The van der Waals surface area contributed by atoms with Gasteiger partial charge in [-0.15, -0.1) is 0 Å². The number of esters is 1. The maximum atomic E-state index is 11.3. The Balaban J connectivity index is 3.24. The summed E-state index contributed by atoms with van der Waals surface area (Å²) in [6.45, 7) is 5.73. The lowest BCUT2D eigenvalue weighted by Crippen LogP contribution is -2.11. The van der Waals surface area contributed by atoms with E-state index in [0.29, 0.717) is 0 Å². The summed E-state index contributed by atoms with van der Waals surface area (Å²) >= 11 is 1.24. The number of carbonyl (C=O) groups excluding carboxylic acids is 1. The van der Waals surface area contributed by atoms with Gasteiger partial charge in [0.25, 0.3) is 0 Å². The predicted molar refractivity (Wildman–Crippen MR) is 67.8 cm³/mol. The number of aromatic nitrogens is 1. The molecule has 0 bridgehead atoms. The van der Waals surface area contributed by atoms with Crippen LogP contribution in [-0.2, 0) is 4.74 Å². The number of nitrogens with zero attached hydrogens (tertiary/aromatic N) is 2. The van der Waals surface area contributed by atoms with Gasteiger partial charge in [0.1, 0.15) is 5.69 Å². The predicted octanol–water partition coefficient (Wildman–Crippen LogP) is 2.67. The van der Waals surface area contributed by atoms with E-state index in [9.17, 15) is 14.9 Å². The minimum absolute atomic E-state index is 0.0647. The molecule has 0 aromatic carbocycles. The van der Waals surface area contributed by atoms with Gasteiger partial charge in [-0.05, 0) is 6.07 Å². The van der Waals surface area contributed by atoms with Crippen LogP contribution in [0.4, 0.5) is 5.69 Å². The number of thioether (sulfide) groups is 1. The van der Waals surface area contributed by atoms with E-state index in [2.05, 4.69) is 9.72 Å². The van der Waals surface area contributed by atoms with Gasteiger partial charge in [-0.3, -0.25) is 10.1 Å². The third-order valence-corrected chi connectivity index (χ3v) is 2.94. The number of nitro groups is 1. The summed E-state index contributed by atoms with van der Waals surface area (Å²) in [5, 5.41) is 11.1. The summed E-state index contributed by atoms with van der Waals surface area (Å²) in [5.41, 5.74) is -0.0440. The van der Waals surface area contributed by atoms with Crippen molar-refractivity contribution in [1.29, 1.82) is 0 Å². The zero-order valence-electron chi connectivity index (χ0n) is 10.6. The van der Waals surface area contributed by atoms with Crippen LogP contribution in [0.5, 0.6) is 0 Å². The Kier molecular flexibility index (Phi) is 4.28. The average molecular weight is 270 g/mol. The van der Waals surface area contributed by atoms with Gasteiger partial charge in [-0.2, -0.15) is 0 Å². The summed E-state index contributed by atoms with van der Waals surface area (Å²) in [4.78, 5) is 25.7. The molecule has 0 unspecified atom stereocenters. The van der Waals surface area contributed by atoms with Crippen LogP contribution in [0, 0.1) is 10.1 Å². The highest BCUT2D eigenvalue weighted by Gasteiger charge is 2.24. The maximum absolute atomic E-state index is 11.3. The van der Waals surface area contributed by atoms with Crippen LogP contribution in [0.15, 0.2) is 17.2 Å². The maximum Gasteiger partial charge on any atom is 0.356 e. The lowest BCUT2D eigenvalue weighted by Gasteiger charge is -2.16. The molecule has 0 saturated heterocycles. The highest BCUT2D eigenvalue weighted by Crippen LogP contribution is 2.36. The van der Waals surface area contributed by atoms with Gasteiger partial charge in [0.2, 0.25) is 0 Å². The largest absolute Gasteiger partial charge is 0.464 e. The van der Waals surface area contributed by atoms with Gasteiger partial charge in [0.05, 0.1) is 12.0 Å². The zero-order chi connectivity index (χ0) is 13.9. The number of hydrogen-bond acceptors (Lipinski definition) is 6.